The third-order valence-electron chi connectivity index (χ3n) is 2.28. The van der Waals surface area contributed by atoms with Crippen molar-refractivity contribution in [3.63, 3.8) is 0 Å². The summed E-state index contributed by atoms with van der Waals surface area (Å²) in [6.45, 7) is 1.83. The van der Waals surface area contributed by atoms with Crippen LogP contribution in [0, 0.1) is 5.82 Å². The van der Waals surface area contributed by atoms with Gasteiger partial charge in [-0.2, -0.15) is 0 Å². The molecule has 0 aromatic heterocycles. The van der Waals surface area contributed by atoms with E-state index >= 15 is 0 Å². The van der Waals surface area contributed by atoms with Crippen LogP contribution in [0.1, 0.15) is 17.3 Å². The van der Waals surface area contributed by atoms with Crippen molar-refractivity contribution >= 4 is 18.2 Å². The summed E-state index contributed by atoms with van der Waals surface area (Å²) in [4.78, 5) is 13.6. The lowest BCUT2D eigenvalue weighted by Gasteiger charge is -2.18. The normalized spacial score (nSPS) is 12.1. The van der Waals surface area contributed by atoms with Gasteiger partial charge in [-0.3, -0.25) is 9.69 Å². The van der Waals surface area contributed by atoms with Crippen molar-refractivity contribution in [1.82, 2.24) is 4.90 Å². The van der Waals surface area contributed by atoms with Crippen LogP contribution in [0.25, 0.3) is 0 Å². The maximum absolute atomic E-state index is 12.6. The zero-order chi connectivity index (χ0) is 10.7. The van der Waals surface area contributed by atoms with Crippen molar-refractivity contribution in [2.75, 3.05) is 14.1 Å². The Labute approximate surface area is 95.5 Å². The molecule has 84 valence electrons. The summed E-state index contributed by atoms with van der Waals surface area (Å²) >= 11 is 0. The van der Waals surface area contributed by atoms with E-state index in [0.717, 1.165) is 0 Å². The van der Waals surface area contributed by atoms with Crippen molar-refractivity contribution in [1.29, 1.82) is 0 Å². The molecule has 1 aromatic carbocycles. The molecule has 0 saturated heterocycles. The van der Waals surface area contributed by atoms with Gasteiger partial charge in [-0.05, 0) is 45.3 Å². The van der Waals surface area contributed by atoms with E-state index in [4.69, 9.17) is 0 Å². The van der Waals surface area contributed by atoms with Gasteiger partial charge in [-0.25, -0.2) is 4.39 Å². The van der Waals surface area contributed by atoms with Crippen LogP contribution in [0.2, 0.25) is 0 Å². The fraction of sp³-hybridized carbons (Fsp3) is 0.364. The fourth-order valence-corrected chi connectivity index (χ4v) is 1.09. The van der Waals surface area contributed by atoms with Crippen LogP contribution in [0.3, 0.4) is 0 Å². The van der Waals surface area contributed by atoms with Gasteiger partial charge in [0.05, 0.1) is 6.04 Å². The number of hydrogen-bond acceptors (Lipinski definition) is 2. The van der Waals surface area contributed by atoms with Gasteiger partial charge in [0, 0.05) is 5.56 Å². The molecule has 1 unspecified atom stereocenters. The van der Waals surface area contributed by atoms with Crippen LogP contribution in [0.5, 0.6) is 0 Å². The third-order valence-corrected chi connectivity index (χ3v) is 2.28. The number of nitrogens with zero attached hydrogens (tertiary/aromatic N) is 1. The Bertz CT molecular complexity index is 324. The standard InChI is InChI=1S/C11H14FNO.ClH/c1-8(13(2)3)11(14)9-4-6-10(12)7-5-9;/h4-8H,1-3H3;1H. The van der Waals surface area contributed by atoms with Crippen molar-refractivity contribution in [2.45, 2.75) is 13.0 Å². The molecule has 0 radical (unpaired) electrons. The first-order valence-corrected chi connectivity index (χ1v) is 4.48. The molecule has 0 aliphatic carbocycles. The number of hydrogen-bond donors (Lipinski definition) is 0. The lowest BCUT2D eigenvalue weighted by Crippen LogP contribution is -2.32. The zero-order valence-electron chi connectivity index (χ0n) is 9.03. The molecule has 4 heteroatoms. The van der Waals surface area contributed by atoms with Gasteiger partial charge in [0.1, 0.15) is 5.82 Å². The quantitative estimate of drug-likeness (QED) is 0.745. The van der Waals surface area contributed by atoms with E-state index in [2.05, 4.69) is 0 Å². The minimum Gasteiger partial charge on any atom is -0.300 e. The topological polar surface area (TPSA) is 20.3 Å². The lowest BCUT2D eigenvalue weighted by atomic mass is 10.1. The summed E-state index contributed by atoms with van der Waals surface area (Å²) < 4.78 is 12.6. The van der Waals surface area contributed by atoms with Gasteiger partial charge in [-0.15, -0.1) is 12.4 Å². The monoisotopic (exact) mass is 231 g/mol. The third kappa shape index (κ3) is 3.61. The molecule has 0 amide bonds. The van der Waals surface area contributed by atoms with Gasteiger partial charge < -0.3 is 0 Å². The summed E-state index contributed by atoms with van der Waals surface area (Å²) in [7, 11) is 3.68. The first kappa shape index (κ1) is 14.1. The molecule has 0 heterocycles. The fourth-order valence-electron chi connectivity index (χ4n) is 1.09. The first-order valence-electron chi connectivity index (χ1n) is 4.48. The largest absolute Gasteiger partial charge is 0.300 e. The second kappa shape index (κ2) is 5.83. The molecule has 1 rings (SSSR count). The highest BCUT2D eigenvalue weighted by molar-refractivity contribution is 5.99. The summed E-state index contributed by atoms with van der Waals surface area (Å²) in [6, 6.07) is 5.45. The highest BCUT2D eigenvalue weighted by Gasteiger charge is 2.16. The number of Topliss-reactive ketones (excluding diaryl/α,β-unsaturated/α-hetero) is 1. The van der Waals surface area contributed by atoms with Crippen molar-refractivity contribution < 1.29 is 9.18 Å². The van der Waals surface area contributed by atoms with Crippen LogP contribution in [-0.2, 0) is 0 Å². The summed E-state index contributed by atoms with van der Waals surface area (Å²) in [6.07, 6.45) is 0. The second-order valence-corrected chi connectivity index (χ2v) is 3.51. The number of benzene rings is 1. The Morgan fingerprint density at radius 2 is 1.73 bits per heavy atom. The smallest absolute Gasteiger partial charge is 0.179 e. The van der Waals surface area contributed by atoms with Crippen LogP contribution in [0.4, 0.5) is 4.39 Å². The van der Waals surface area contributed by atoms with Crippen LogP contribution < -0.4 is 0 Å². The molecule has 2 nitrogen and oxygen atoms in total. The molecule has 0 N–H and O–H groups in total. The molecule has 0 aliphatic rings. The van der Waals surface area contributed by atoms with Gasteiger partial charge in [0.25, 0.3) is 0 Å². The molecule has 1 aromatic rings. The number of rotatable bonds is 3. The number of carbonyl (C=O) groups is 1. The minimum atomic E-state index is -0.320. The summed E-state index contributed by atoms with van der Waals surface area (Å²) in [5, 5.41) is 0. The molecule has 15 heavy (non-hydrogen) atoms. The minimum absolute atomic E-state index is 0. The second-order valence-electron chi connectivity index (χ2n) is 3.51. The molecular weight excluding hydrogens is 217 g/mol. The van der Waals surface area contributed by atoms with Crippen LogP contribution in [0.15, 0.2) is 24.3 Å². The number of halogens is 2. The van der Waals surface area contributed by atoms with Gasteiger partial charge in [-0.1, -0.05) is 0 Å². The average Bonchev–Trinajstić information content (AvgIpc) is 2.16. The Hall–Kier alpha value is -0.930. The Balaban J connectivity index is 0.00000196. The van der Waals surface area contributed by atoms with E-state index in [1.54, 1.807) is 0 Å². The highest BCUT2D eigenvalue weighted by atomic mass is 35.5. The molecule has 0 spiro atoms. The molecule has 0 saturated carbocycles. The summed E-state index contributed by atoms with van der Waals surface area (Å²) in [5.74, 6) is -0.311. The molecule has 0 fully saturated rings. The number of likely N-dealkylation sites (N-methyl/N-ethyl adjacent to an activating group) is 1. The molecule has 0 aliphatic heterocycles. The van der Waals surface area contributed by atoms with Crippen molar-refractivity contribution in [3.8, 4) is 0 Å². The van der Waals surface area contributed by atoms with Gasteiger partial charge >= 0.3 is 0 Å². The summed E-state index contributed by atoms with van der Waals surface area (Å²) in [5.41, 5.74) is 0.549. The highest BCUT2D eigenvalue weighted by Crippen LogP contribution is 2.08. The Morgan fingerprint density at radius 1 is 1.27 bits per heavy atom. The van der Waals surface area contributed by atoms with E-state index in [1.165, 1.54) is 24.3 Å². The molecule has 1 atom stereocenters. The van der Waals surface area contributed by atoms with Gasteiger partial charge in [0.2, 0.25) is 0 Å². The van der Waals surface area contributed by atoms with E-state index in [-0.39, 0.29) is 30.0 Å². The van der Waals surface area contributed by atoms with E-state index in [1.807, 2.05) is 25.9 Å². The van der Waals surface area contributed by atoms with E-state index in [0.29, 0.717) is 5.56 Å². The lowest BCUT2D eigenvalue weighted by molar-refractivity contribution is 0.0890. The Morgan fingerprint density at radius 3 is 2.13 bits per heavy atom. The molecular formula is C11H15ClFNO. The predicted octanol–water partition coefficient (Wildman–Crippen LogP) is 2.38. The Kier molecular flexibility index (Phi) is 5.47. The maximum Gasteiger partial charge on any atom is 0.179 e. The van der Waals surface area contributed by atoms with E-state index in [9.17, 15) is 9.18 Å². The van der Waals surface area contributed by atoms with Crippen LogP contribution >= 0.6 is 12.4 Å². The average molecular weight is 232 g/mol. The maximum atomic E-state index is 12.6. The predicted molar refractivity (Wildman–Crippen MR) is 61.1 cm³/mol. The van der Waals surface area contributed by atoms with Gasteiger partial charge in [0.15, 0.2) is 5.78 Å². The van der Waals surface area contributed by atoms with Crippen molar-refractivity contribution in [3.05, 3.63) is 35.6 Å². The van der Waals surface area contributed by atoms with Crippen molar-refractivity contribution in [2.24, 2.45) is 0 Å². The SMILES string of the molecule is CC(C(=O)c1ccc(F)cc1)N(C)C.Cl. The van der Waals surface area contributed by atoms with E-state index < -0.39 is 0 Å². The van der Waals surface area contributed by atoms with Crippen LogP contribution in [-0.4, -0.2) is 30.8 Å². The first-order chi connectivity index (χ1) is 6.52. The molecule has 0 bridgehead atoms. The number of ketones is 1. The zero-order valence-corrected chi connectivity index (χ0v) is 9.84. The number of carbonyl (C=O) groups excluding carboxylic acids is 1.